The third-order valence-electron chi connectivity index (χ3n) is 2.97. The van der Waals surface area contributed by atoms with E-state index in [-0.39, 0.29) is 11.9 Å². The number of hydrogen-bond acceptors (Lipinski definition) is 3. The Morgan fingerprint density at radius 3 is 2.83 bits per heavy atom. The predicted molar refractivity (Wildman–Crippen MR) is 78.1 cm³/mol. The van der Waals surface area contributed by atoms with Crippen LogP contribution in [0, 0.1) is 6.92 Å². The number of rotatable bonds is 6. The van der Waals surface area contributed by atoms with Crippen molar-refractivity contribution in [1.82, 2.24) is 9.88 Å². The molecule has 0 saturated heterocycles. The summed E-state index contributed by atoms with van der Waals surface area (Å²) in [5, 5.41) is 0. The van der Waals surface area contributed by atoms with Crippen molar-refractivity contribution in [2.45, 2.75) is 33.2 Å². The van der Waals surface area contributed by atoms with E-state index >= 15 is 0 Å². The molecule has 0 aliphatic heterocycles. The molecule has 0 aromatic carbocycles. The fraction of sp³-hybridized carbons (Fsp3) is 0.571. The Morgan fingerprint density at radius 1 is 1.50 bits per heavy atom. The van der Waals surface area contributed by atoms with Gasteiger partial charge in [-0.05, 0) is 43.9 Å². The molecular weight excluding hydrogens is 244 g/mol. The summed E-state index contributed by atoms with van der Waals surface area (Å²) in [6.45, 7) is 6.14. The van der Waals surface area contributed by atoms with E-state index in [2.05, 4.69) is 18.8 Å². The first-order valence-corrected chi connectivity index (χ1v) is 7.50. The van der Waals surface area contributed by atoms with Crippen molar-refractivity contribution in [2.75, 3.05) is 18.6 Å². The van der Waals surface area contributed by atoms with Crippen molar-refractivity contribution >= 4 is 17.7 Å². The first kappa shape index (κ1) is 15.0. The molecule has 0 aliphatic carbocycles. The number of amides is 1. The molecule has 1 unspecified atom stereocenters. The van der Waals surface area contributed by atoms with Crippen LogP contribution >= 0.6 is 11.8 Å². The largest absolute Gasteiger partial charge is 0.338 e. The molecule has 0 radical (unpaired) electrons. The molecule has 3 nitrogen and oxygen atoms in total. The van der Waals surface area contributed by atoms with Gasteiger partial charge in [-0.15, -0.1) is 0 Å². The van der Waals surface area contributed by atoms with Gasteiger partial charge in [0.25, 0.3) is 5.91 Å². The number of nitrogens with zero attached hydrogens (tertiary/aromatic N) is 2. The fourth-order valence-corrected chi connectivity index (χ4v) is 2.43. The van der Waals surface area contributed by atoms with Crippen molar-refractivity contribution in [2.24, 2.45) is 0 Å². The number of carbonyl (C=O) groups is 1. The Morgan fingerprint density at radius 2 is 2.22 bits per heavy atom. The Bertz CT molecular complexity index is 395. The van der Waals surface area contributed by atoms with E-state index in [1.165, 1.54) is 0 Å². The second-order valence-electron chi connectivity index (χ2n) is 4.41. The Kier molecular flexibility index (Phi) is 6.19. The number of pyridine rings is 1. The van der Waals surface area contributed by atoms with Crippen LogP contribution in [-0.4, -0.2) is 40.4 Å². The van der Waals surface area contributed by atoms with Crippen molar-refractivity contribution in [3.8, 4) is 0 Å². The Hall–Kier alpha value is -1.03. The number of aromatic nitrogens is 1. The van der Waals surface area contributed by atoms with E-state index in [1.807, 2.05) is 37.9 Å². The molecule has 100 valence electrons. The van der Waals surface area contributed by atoms with Gasteiger partial charge in [0.2, 0.25) is 0 Å². The highest BCUT2D eigenvalue weighted by Crippen LogP contribution is 2.11. The number of carbonyl (C=O) groups excluding carboxylic acids is 1. The van der Waals surface area contributed by atoms with Crippen molar-refractivity contribution in [1.29, 1.82) is 0 Å². The fourth-order valence-electron chi connectivity index (χ4n) is 1.63. The summed E-state index contributed by atoms with van der Waals surface area (Å²) in [5.74, 6) is 2.23. The van der Waals surface area contributed by atoms with Crippen molar-refractivity contribution in [3.05, 3.63) is 29.6 Å². The van der Waals surface area contributed by atoms with Gasteiger partial charge in [-0.25, -0.2) is 4.98 Å². The number of hydrogen-bond donors (Lipinski definition) is 0. The molecule has 0 aliphatic rings. The van der Waals surface area contributed by atoms with E-state index in [4.69, 9.17) is 0 Å². The lowest BCUT2D eigenvalue weighted by molar-refractivity contribution is 0.0735. The summed E-state index contributed by atoms with van der Waals surface area (Å²) < 4.78 is 0. The highest BCUT2D eigenvalue weighted by molar-refractivity contribution is 7.99. The van der Waals surface area contributed by atoms with Crippen LogP contribution in [0.25, 0.3) is 0 Å². The molecule has 0 saturated carbocycles. The van der Waals surface area contributed by atoms with E-state index in [1.54, 1.807) is 11.0 Å². The standard InChI is InChI=1S/C14H22N2OS/c1-5-18-10-9-12(3)16(4)14(17)13-8-6-7-11(2)15-13/h6-8,12H,5,9-10H2,1-4H3. The molecule has 4 heteroatoms. The molecule has 1 atom stereocenters. The zero-order chi connectivity index (χ0) is 13.5. The molecule has 0 bridgehead atoms. The molecule has 1 rings (SSSR count). The maximum atomic E-state index is 12.2. The third-order valence-corrected chi connectivity index (χ3v) is 3.91. The first-order valence-electron chi connectivity index (χ1n) is 6.34. The molecule has 18 heavy (non-hydrogen) atoms. The summed E-state index contributed by atoms with van der Waals surface area (Å²) >= 11 is 1.91. The molecule has 1 aromatic rings. The van der Waals surface area contributed by atoms with Crippen molar-refractivity contribution < 1.29 is 4.79 Å². The van der Waals surface area contributed by atoms with Gasteiger partial charge in [0.05, 0.1) is 0 Å². The molecule has 1 amide bonds. The number of aryl methyl sites for hydroxylation is 1. The van der Waals surface area contributed by atoms with E-state index in [9.17, 15) is 4.79 Å². The van der Waals surface area contributed by atoms with Crippen LogP contribution in [0.5, 0.6) is 0 Å². The van der Waals surface area contributed by atoms with Crippen LogP contribution in [0.3, 0.4) is 0 Å². The van der Waals surface area contributed by atoms with Crippen LogP contribution < -0.4 is 0 Å². The quantitative estimate of drug-likeness (QED) is 0.742. The SMILES string of the molecule is CCSCCC(C)N(C)C(=O)c1cccc(C)n1. The minimum absolute atomic E-state index is 0.00713. The van der Waals surface area contributed by atoms with Crippen LogP contribution in [-0.2, 0) is 0 Å². The number of thioether (sulfide) groups is 1. The second-order valence-corrected chi connectivity index (χ2v) is 5.81. The maximum absolute atomic E-state index is 12.2. The van der Waals surface area contributed by atoms with E-state index in [0.29, 0.717) is 5.69 Å². The molecule has 0 fully saturated rings. The predicted octanol–water partition coefficient (Wildman–Crippen LogP) is 2.99. The van der Waals surface area contributed by atoms with Gasteiger partial charge in [0.15, 0.2) is 0 Å². The van der Waals surface area contributed by atoms with Gasteiger partial charge in [0, 0.05) is 18.8 Å². The summed E-state index contributed by atoms with van der Waals surface area (Å²) in [7, 11) is 1.85. The van der Waals surface area contributed by atoms with Crippen molar-refractivity contribution in [3.63, 3.8) is 0 Å². The zero-order valence-corrected chi connectivity index (χ0v) is 12.5. The zero-order valence-electron chi connectivity index (χ0n) is 11.6. The lowest BCUT2D eigenvalue weighted by Crippen LogP contribution is -2.36. The normalized spacial score (nSPS) is 12.2. The van der Waals surface area contributed by atoms with Crippen LogP contribution in [0.4, 0.5) is 0 Å². The van der Waals surface area contributed by atoms with Gasteiger partial charge >= 0.3 is 0 Å². The van der Waals surface area contributed by atoms with E-state index < -0.39 is 0 Å². The van der Waals surface area contributed by atoms with Crippen LogP contribution in [0.2, 0.25) is 0 Å². The summed E-state index contributed by atoms with van der Waals surface area (Å²) in [4.78, 5) is 18.3. The molecule has 1 aromatic heterocycles. The van der Waals surface area contributed by atoms with Gasteiger partial charge in [-0.2, -0.15) is 11.8 Å². The molecule has 0 N–H and O–H groups in total. The average Bonchev–Trinajstić information content (AvgIpc) is 2.37. The minimum atomic E-state index is 0.00713. The van der Waals surface area contributed by atoms with Crippen LogP contribution in [0.15, 0.2) is 18.2 Å². The van der Waals surface area contributed by atoms with Crippen LogP contribution in [0.1, 0.15) is 36.5 Å². The Labute approximate surface area is 114 Å². The average molecular weight is 266 g/mol. The lowest BCUT2D eigenvalue weighted by atomic mass is 10.2. The molecule has 0 spiro atoms. The second kappa shape index (κ2) is 7.41. The maximum Gasteiger partial charge on any atom is 0.272 e. The first-order chi connectivity index (χ1) is 8.56. The third kappa shape index (κ3) is 4.33. The highest BCUT2D eigenvalue weighted by atomic mass is 32.2. The monoisotopic (exact) mass is 266 g/mol. The smallest absolute Gasteiger partial charge is 0.272 e. The van der Waals surface area contributed by atoms with Gasteiger partial charge < -0.3 is 4.90 Å². The summed E-state index contributed by atoms with van der Waals surface area (Å²) in [5.41, 5.74) is 1.41. The van der Waals surface area contributed by atoms with Gasteiger partial charge in [-0.3, -0.25) is 4.79 Å². The lowest BCUT2D eigenvalue weighted by Gasteiger charge is -2.24. The molecular formula is C14H22N2OS. The minimum Gasteiger partial charge on any atom is -0.338 e. The highest BCUT2D eigenvalue weighted by Gasteiger charge is 2.18. The summed E-state index contributed by atoms with van der Waals surface area (Å²) in [6, 6.07) is 5.80. The van der Waals surface area contributed by atoms with Gasteiger partial charge in [0.1, 0.15) is 5.69 Å². The topological polar surface area (TPSA) is 33.2 Å². The van der Waals surface area contributed by atoms with E-state index in [0.717, 1.165) is 23.6 Å². The summed E-state index contributed by atoms with van der Waals surface area (Å²) in [6.07, 6.45) is 1.02. The molecule has 1 heterocycles. The van der Waals surface area contributed by atoms with Gasteiger partial charge in [-0.1, -0.05) is 13.0 Å². The Balaban J connectivity index is 2.60.